The molecule has 5 nitrogen and oxygen atoms in total. The first kappa shape index (κ1) is 16.8. The van der Waals surface area contributed by atoms with E-state index in [1.54, 1.807) is 19.1 Å². The predicted octanol–water partition coefficient (Wildman–Crippen LogP) is 2.33. The van der Waals surface area contributed by atoms with E-state index in [2.05, 4.69) is 14.9 Å². The number of hydrogen-bond donors (Lipinski definition) is 1. The second-order valence-corrected chi connectivity index (χ2v) is 6.54. The van der Waals surface area contributed by atoms with Crippen LogP contribution < -0.4 is 4.74 Å². The molecule has 0 amide bonds. The number of likely N-dealkylation sites (tertiary alicyclic amines) is 1. The lowest BCUT2D eigenvalue weighted by Gasteiger charge is -2.42. The molecule has 3 rings (SSSR count). The molecule has 1 fully saturated rings. The average Bonchev–Trinajstić information content (AvgIpc) is 2.53. The molecule has 1 saturated heterocycles. The zero-order valence-electron chi connectivity index (χ0n) is 13.9. The Morgan fingerprint density at radius 2 is 2.12 bits per heavy atom. The van der Waals surface area contributed by atoms with Crippen molar-refractivity contribution in [3.63, 3.8) is 0 Å². The van der Waals surface area contributed by atoms with Gasteiger partial charge < -0.3 is 9.84 Å². The quantitative estimate of drug-likeness (QED) is 0.932. The monoisotopic (exact) mass is 331 g/mol. The Balaban J connectivity index is 1.68. The number of aromatic nitrogens is 2. The second-order valence-electron chi connectivity index (χ2n) is 6.54. The Morgan fingerprint density at radius 1 is 1.38 bits per heavy atom. The minimum atomic E-state index is -0.952. The molecular weight excluding hydrogens is 309 g/mol. The van der Waals surface area contributed by atoms with Crippen molar-refractivity contribution in [3.8, 4) is 5.75 Å². The van der Waals surface area contributed by atoms with Crippen LogP contribution in [0.1, 0.15) is 24.7 Å². The highest BCUT2D eigenvalue weighted by atomic mass is 19.1. The number of ether oxygens (including phenoxy) is 1. The molecule has 24 heavy (non-hydrogen) atoms. The molecule has 2 heterocycles. The van der Waals surface area contributed by atoms with Crippen LogP contribution in [0.5, 0.6) is 5.75 Å². The largest absolute Gasteiger partial charge is 0.486 e. The third kappa shape index (κ3) is 4.07. The number of nitrogens with zero attached hydrogens (tertiary/aromatic N) is 3. The molecule has 0 unspecified atom stereocenters. The van der Waals surface area contributed by atoms with E-state index in [1.165, 1.54) is 12.1 Å². The SMILES string of the molecule is Cc1ncc(CN2CC[C@@](C)(O)[C@H](Oc3cccc(F)c3)C2)cn1. The van der Waals surface area contributed by atoms with E-state index >= 15 is 0 Å². The van der Waals surface area contributed by atoms with Crippen molar-refractivity contribution in [3.05, 3.63) is 53.9 Å². The highest BCUT2D eigenvalue weighted by Gasteiger charge is 2.39. The molecule has 6 heteroatoms. The molecular formula is C18H22FN3O2. The number of rotatable bonds is 4. The summed E-state index contributed by atoms with van der Waals surface area (Å²) in [6, 6.07) is 6.01. The van der Waals surface area contributed by atoms with E-state index in [4.69, 9.17) is 4.74 Å². The fourth-order valence-corrected chi connectivity index (χ4v) is 2.84. The van der Waals surface area contributed by atoms with Crippen LogP contribution in [0.2, 0.25) is 0 Å². The highest BCUT2D eigenvalue weighted by molar-refractivity contribution is 5.23. The lowest BCUT2D eigenvalue weighted by atomic mass is 9.90. The van der Waals surface area contributed by atoms with E-state index in [1.807, 2.05) is 19.3 Å². The van der Waals surface area contributed by atoms with Crippen LogP contribution in [0, 0.1) is 12.7 Å². The van der Waals surface area contributed by atoms with Gasteiger partial charge in [-0.25, -0.2) is 14.4 Å². The number of benzene rings is 1. The van der Waals surface area contributed by atoms with Crippen molar-refractivity contribution in [2.24, 2.45) is 0 Å². The van der Waals surface area contributed by atoms with Crippen molar-refractivity contribution in [2.45, 2.75) is 38.5 Å². The molecule has 0 radical (unpaired) electrons. The summed E-state index contributed by atoms with van der Waals surface area (Å²) in [5.41, 5.74) is 0.0683. The Kier molecular flexibility index (Phi) is 4.78. The van der Waals surface area contributed by atoms with Crippen molar-refractivity contribution >= 4 is 0 Å². The summed E-state index contributed by atoms with van der Waals surface area (Å²) in [6.45, 7) is 5.62. The van der Waals surface area contributed by atoms with Crippen molar-refractivity contribution in [1.29, 1.82) is 0 Å². The van der Waals surface area contributed by atoms with Gasteiger partial charge in [-0.1, -0.05) is 6.07 Å². The molecule has 1 N–H and O–H groups in total. The van der Waals surface area contributed by atoms with Crippen molar-refractivity contribution in [1.82, 2.24) is 14.9 Å². The first-order valence-corrected chi connectivity index (χ1v) is 8.07. The molecule has 1 aliphatic heterocycles. The maximum Gasteiger partial charge on any atom is 0.140 e. The van der Waals surface area contributed by atoms with Crippen LogP contribution in [-0.2, 0) is 6.54 Å². The minimum Gasteiger partial charge on any atom is -0.486 e. The van der Waals surface area contributed by atoms with Gasteiger partial charge in [-0.15, -0.1) is 0 Å². The first-order chi connectivity index (χ1) is 11.4. The fourth-order valence-electron chi connectivity index (χ4n) is 2.84. The molecule has 0 spiro atoms. The number of aryl methyl sites for hydroxylation is 1. The van der Waals surface area contributed by atoms with Crippen LogP contribution in [0.25, 0.3) is 0 Å². The zero-order chi connectivity index (χ0) is 17.2. The molecule has 0 bridgehead atoms. The lowest BCUT2D eigenvalue weighted by molar-refractivity contribution is -0.0965. The normalized spacial score (nSPS) is 24.8. The standard InChI is InChI=1S/C18H22FN3O2/c1-13-20-9-14(10-21-13)11-22-7-6-18(2,23)17(12-22)24-16-5-3-4-15(19)8-16/h3-5,8-10,17,23H,6-7,11-12H2,1-2H3/t17-,18-/m1/s1. The number of halogens is 1. The second kappa shape index (κ2) is 6.83. The van der Waals surface area contributed by atoms with Crippen LogP contribution in [0.15, 0.2) is 36.7 Å². The van der Waals surface area contributed by atoms with Gasteiger partial charge in [-0.2, -0.15) is 0 Å². The summed E-state index contributed by atoms with van der Waals surface area (Å²) in [7, 11) is 0. The zero-order valence-corrected chi connectivity index (χ0v) is 13.9. The summed E-state index contributed by atoms with van der Waals surface area (Å²) in [6.07, 6.45) is 3.79. The Bertz CT molecular complexity index is 691. The molecule has 0 saturated carbocycles. The van der Waals surface area contributed by atoms with Crippen molar-refractivity contribution < 1.29 is 14.2 Å². The van der Waals surface area contributed by atoms with E-state index in [0.717, 1.165) is 17.9 Å². The molecule has 128 valence electrons. The van der Waals surface area contributed by atoms with Gasteiger partial charge >= 0.3 is 0 Å². The van der Waals surface area contributed by atoms with Gasteiger partial charge in [0.2, 0.25) is 0 Å². The first-order valence-electron chi connectivity index (χ1n) is 8.07. The topological polar surface area (TPSA) is 58.5 Å². The maximum atomic E-state index is 13.3. The molecule has 1 aliphatic rings. The minimum absolute atomic E-state index is 0.350. The van der Waals surface area contributed by atoms with E-state index in [-0.39, 0.29) is 5.82 Å². The van der Waals surface area contributed by atoms with Crippen LogP contribution in [0.3, 0.4) is 0 Å². The summed E-state index contributed by atoms with van der Waals surface area (Å²) in [5, 5.41) is 10.6. The fraction of sp³-hybridized carbons (Fsp3) is 0.444. The summed E-state index contributed by atoms with van der Waals surface area (Å²) < 4.78 is 19.2. The van der Waals surface area contributed by atoms with Crippen LogP contribution in [-0.4, -0.2) is 44.8 Å². The van der Waals surface area contributed by atoms with E-state index in [9.17, 15) is 9.50 Å². The summed E-state index contributed by atoms with van der Waals surface area (Å²) in [4.78, 5) is 10.6. The van der Waals surface area contributed by atoms with E-state index < -0.39 is 11.7 Å². The highest BCUT2D eigenvalue weighted by Crippen LogP contribution is 2.27. The smallest absolute Gasteiger partial charge is 0.140 e. The number of hydrogen-bond acceptors (Lipinski definition) is 5. The Morgan fingerprint density at radius 3 is 2.83 bits per heavy atom. The van der Waals surface area contributed by atoms with Gasteiger partial charge in [0.05, 0.1) is 0 Å². The third-order valence-corrected chi connectivity index (χ3v) is 4.37. The Labute approximate surface area is 141 Å². The summed E-state index contributed by atoms with van der Waals surface area (Å²) in [5.74, 6) is 0.824. The van der Waals surface area contributed by atoms with E-state index in [0.29, 0.717) is 25.3 Å². The van der Waals surface area contributed by atoms with Gasteiger partial charge in [0, 0.05) is 43.7 Å². The third-order valence-electron chi connectivity index (χ3n) is 4.37. The lowest BCUT2D eigenvalue weighted by Crippen LogP contribution is -2.56. The summed E-state index contributed by atoms with van der Waals surface area (Å²) >= 11 is 0. The predicted molar refractivity (Wildman–Crippen MR) is 88.1 cm³/mol. The van der Waals surface area contributed by atoms with Crippen LogP contribution in [0.4, 0.5) is 4.39 Å². The molecule has 1 aromatic carbocycles. The number of aliphatic hydroxyl groups is 1. The molecule has 0 aliphatic carbocycles. The molecule has 2 atom stereocenters. The van der Waals surface area contributed by atoms with Gasteiger partial charge in [0.15, 0.2) is 0 Å². The number of piperidine rings is 1. The maximum absolute atomic E-state index is 13.3. The van der Waals surface area contributed by atoms with Gasteiger partial charge in [-0.05, 0) is 32.4 Å². The molecule has 1 aromatic heterocycles. The average molecular weight is 331 g/mol. The van der Waals surface area contributed by atoms with Crippen LogP contribution >= 0.6 is 0 Å². The van der Waals surface area contributed by atoms with Crippen molar-refractivity contribution in [2.75, 3.05) is 13.1 Å². The Hall–Kier alpha value is -2.05. The molecule has 2 aromatic rings. The van der Waals surface area contributed by atoms with Gasteiger partial charge in [0.25, 0.3) is 0 Å². The van der Waals surface area contributed by atoms with Gasteiger partial charge in [-0.3, -0.25) is 4.90 Å². The van der Waals surface area contributed by atoms with Gasteiger partial charge in [0.1, 0.15) is 29.1 Å².